The predicted octanol–water partition coefficient (Wildman–Crippen LogP) is 4.07. The molecule has 3 aromatic rings. The Labute approximate surface area is 195 Å². The van der Waals surface area contributed by atoms with Crippen LogP contribution in [0.2, 0.25) is 0 Å². The zero-order valence-corrected chi connectivity index (χ0v) is 19.7. The molecule has 1 aromatic carbocycles. The van der Waals surface area contributed by atoms with Gasteiger partial charge in [0.1, 0.15) is 10.8 Å². The van der Waals surface area contributed by atoms with Crippen LogP contribution >= 0.6 is 27.7 Å². The second-order valence-corrected chi connectivity index (χ2v) is 9.35. The number of anilines is 1. The number of hydrogen-bond donors (Lipinski definition) is 1. The average Bonchev–Trinajstić information content (AvgIpc) is 2.80. The number of aromatic nitrogens is 2. The van der Waals surface area contributed by atoms with E-state index in [0.717, 1.165) is 52.0 Å². The highest BCUT2D eigenvalue weighted by Crippen LogP contribution is 2.29. The Bertz CT molecular complexity index is 1040. The van der Waals surface area contributed by atoms with Crippen molar-refractivity contribution in [2.24, 2.45) is 0 Å². The lowest BCUT2D eigenvalue weighted by Crippen LogP contribution is -2.45. The first-order chi connectivity index (χ1) is 15.1. The minimum absolute atomic E-state index is 0.103. The number of amides is 1. The highest BCUT2D eigenvalue weighted by Gasteiger charge is 2.19. The summed E-state index contributed by atoms with van der Waals surface area (Å²) < 4.78 is 0.926. The van der Waals surface area contributed by atoms with Gasteiger partial charge in [-0.1, -0.05) is 30.0 Å². The van der Waals surface area contributed by atoms with Crippen molar-refractivity contribution in [1.29, 1.82) is 0 Å². The van der Waals surface area contributed by atoms with Crippen molar-refractivity contribution >= 4 is 39.4 Å². The Kier molecular flexibility index (Phi) is 7.21. The van der Waals surface area contributed by atoms with E-state index in [9.17, 15) is 4.79 Å². The summed E-state index contributed by atoms with van der Waals surface area (Å²) >= 11 is 4.88. The van der Waals surface area contributed by atoms with E-state index in [2.05, 4.69) is 48.1 Å². The van der Waals surface area contributed by atoms with Crippen LogP contribution in [0.15, 0.2) is 75.3 Å². The van der Waals surface area contributed by atoms with Gasteiger partial charge >= 0.3 is 0 Å². The van der Waals surface area contributed by atoms with Gasteiger partial charge < -0.3 is 15.1 Å². The number of nitrogens with one attached hydrogen (secondary N) is 1. The Morgan fingerprint density at radius 2 is 1.87 bits per heavy atom. The fourth-order valence-electron chi connectivity index (χ4n) is 3.42. The molecule has 31 heavy (non-hydrogen) atoms. The Balaban J connectivity index is 1.46. The molecule has 4 rings (SSSR count). The molecule has 2 aromatic heterocycles. The predicted molar refractivity (Wildman–Crippen MR) is 128 cm³/mol. The molecule has 1 aliphatic rings. The van der Waals surface area contributed by atoms with Crippen LogP contribution in [0.25, 0.3) is 0 Å². The lowest BCUT2D eigenvalue weighted by molar-refractivity contribution is 0.0948. The van der Waals surface area contributed by atoms with Crippen LogP contribution in [-0.4, -0.2) is 54.0 Å². The molecule has 1 amide bonds. The monoisotopic (exact) mass is 497 g/mol. The van der Waals surface area contributed by atoms with Gasteiger partial charge in [-0.25, -0.2) is 9.97 Å². The van der Waals surface area contributed by atoms with Gasteiger partial charge in [0.25, 0.3) is 5.91 Å². The molecule has 1 fully saturated rings. The minimum atomic E-state index is -0.103. The summed E-state index contributed by atoms with van der Waals surface area (Å²) in [6.07, 6.45) is 3.57. The molecule has 3 heterocycles. The molecule has 1 N–H and O–H groups in total. The number of hydrogen-bond acceptors (Lipinski definition) is 6. The molecule has 0 atom stereocenters. The number of rotatable bonds is 6. The summed E-state index contributed by atoms with van der Waals surface area (Å²) in [4.78, 5) is 27.5. The summed E-state index contributed by atoms with van der Waals surface area (Å²) in [6.45, 7) is 4.33. The maximum Gasteiger partial charge on any atom is 0.252 e. The highest BCUT2D eigenvalue weighted by atomic mass is 79.9. The number of carbonyl (C=O) groups excluding carboxylic acids is 1. The van der Waals surface area contributed by atoms with E-state index in [1.165, 1.54) is 11.8 Å². The second-order valence-electron chi connectivity index (χ2n) is 7.37. The fourth-order valence-corrected chi connectivity index (χ4v) is 4.54. The van der Waals surface area contributed by atoms with E-state index >= 15 is 0 Å². The molecular weight excluding hydrogens is 474 g/mol. The number of halogens is 1. The number of nitrogens with zero attached hydrogens (tertiary/aromatic N) is 4. The molecule has 0 saturated carbocycles. The SMILES string of the molecule is CN1CCN(c2ncccc2CNC(=O)c2ccccc2Sc2ccc(Br)cn2)CC1. The van der Waals surface area contributed by atoms with Crippen LogP contribution < -0.4 is 10.2 Å². The molecule has 0 aliphatic carbocycles. The molecular formula is C23H24BrN5OS. The second kappa shape index (κ2) is 10.3. The van der Waals surface area contributed by atoms with Gasteiger partial charge in [0, 0.05) is 60.0 Å². The van der Waals surface area contributed by atoms with Gasteiger partial charge in [0.05, 0.1) is 5.56 Å². The number of pyridine rings is 2. The minimum Gasteiger partial charge on any atom is -0.354 e. The standard InChI is InChI=1S/C23H24BrN5OS/c1-28-11-13-29(14-12-28)22-17(5-4-10-25-22)15-27-23(30)19-6-2-3-7-20(19)31-21-9-8-18(24)16-26-21/h2-10,16H,11-15H2,1H3,(H,27,30). The Hall–Kier alpha value is -2.42. The molecule has 0 spiro atoms. The van der Waals surface area contributed by atoms with E-state index in [0.29, 0.717) is 12.1 Å². The third kappa shape index (κ3) is 5.64. The number of likely N-dealkylation sites (N-methyl/N-ethyl adjacent to an activating group) is 1. The molecule has 0 bridgehead atoms. The van der Waals surface area contributed by atoms with Crippen LogP contribution in [0.3, 0.4) is 0 Å². The molecule has 160 valence electrons. The summed E-state index contributed by atoms with van der Waals surface area (Å²) in [5, 5.41) is 3.92. The molecule has 1 aliphatic heterocycles. The molecule has 6 nitrogen and oxygen atoms in total. The van der Waals surface area contributed by atoms with Crippen molar-refractivity contribution in [1.82, 2.24) is 20.2 Å². The van der Waals surface area contributed by atoms with E-state index in [-0.39, 0.29) is 5.91 Å². The van der Waals surface area contributed by atoms with Crippen molar-refractivity contribution in [3.63, 3.8) is 0 Å². The lowest BCUT2D eigenvalue weighted by atomic mass is 10.2. The molecule has 1 saturated heterocycles. The van der Waals surface area contributed by atoms with E-state index in [4.69, 9.17) is 0 Å². The van der Waals surface area contributed by atoms with Crippen LogP contribution in [0.4, 0.5) is 5.82 Å². The maximum atomic E-state index is 13.0. The first kappa shape index (κ1) is 21.8. The first-order valence-electron chi connectivity index (χ1n) is 10.1. The van der Waals surface area contributed by atoms with E-state index < -0.39 is 0 Å². The highest BCUT2D eigenvalue weighted by molar-refractivity contribution is 9.10. The van der Waals surface area contributed by atoms with Gasteiger partial charge in [0.15, 0.2) is 0 Å². The Morgan fingerprint density at radius 1 is 1.06 bits per heavy atom. The van der Waals surface area contributed by atoms with Crippen molar-refractivity contribution in [3.05, 3.63) is 76.5 Å². The Morgan fingerprint density at radius 3 is 2.65 bits per heavy atom. The van der Waals surface area contributed by atoms with Crippen molar-refractivity contribution < 1.29 is 4.79 Å². The third-order valence-electron chi connectivity index (χ3n) is 5.16. The molecule has 0 radical (unpaired) electrons. The van der Waals surface area contributed by atoms with E-state index in [1.54, 1.807) is 6.20 Å². The van der Waals surface area contributed by atoms with E-state index in [1.807, 2.05) is 54.7 Å². The smallest absolute Gasteiger partial charge is 0.252 e. The number of benzene rings is 1. The molecule has 0 unspecified atom stereocenters. The third-order valence-corrected chi connectivity index (χ3v) is 6.65. The van der Waals surface area contributed by atoms with Gasteiger partial charge in [-0.05, 0) is 53.3 Å². The maximum absolute atomic E-state index is 13.0. The zero-order valence-electron chi connectivity index (χ0n) is 17.3. The van der Waals surface area contributed by atoms with Crippen LogP contribution in [0.1, 0.15) is 15.9 Å². The summed E-state index contributed by atoms with van der Waals surface area (Å²) in [7, 11) is 2.14. The van der Waals surface area contributed by atoms with Gasteiger partial charge in [-0.2, -0.15) is 0 Å². The number of carbonyl (C=O) groups is 1. The van der Waals surface area contributed by atoms with Crippen molar-refractivity contribution in [2.45, 2.75) is 16.5 Å². The van der Waals surface area contributed by atoms with Crippen LogP contribution in [0.5, 0.6) is 0 Å². The topological polar surface area (TPSA) is 61.4 Å². The molecule has 8 heteroatoms. The van der Waals surface area contributed by atoms with Crippen molar-refractivity contribution in [3.8, 4) is 0 Å². The summed E-state index contributed by atoms with van der Waals surface area (Å²) in [5.74, 6) is 0.853. The van der Waals surface area contributed by atoms with Crippen LogP contribution in [-0.2, 0) is 6.54 Å². The summed E-state index contributed by atoms with van der Waals surface area (Å²) in [5.41, 5.74) is 1.67. The zero-order chi connectivity index (χ0) is 21.6. The first-order valence-corrected chi connectivity index (χ1v) is 11.7. The summed E-state index contributed by atoms with van der Waals surface area (Å²) in [6, 6.07) is 15.4. The normalized spacial score (nSPS) is 14.5. The quantitative estimate of drug-likeness (QED) is 0.553. The van der Waals surface area contributed by atoms with Gasteiger partial charge in [0.2, 0.25) is 0 Å². The largest absolute Gasteiger partial charge is 0.354 e. The van der Waals surface area contributed by atoms with Gasteiger partial charge in [-0.15, -0.1) is 0 Å². The lowest BCUT2D eigenvalue weighted by Gasteiger charge is -2.34. The van der Waals surface area contributed by atoms with Gasteiger partial charge in [-0.3, -0.25) is 4.79 Å². The average molecular weight is 498 g/mol. The van der Waals surface area contributed by atoms with Crippen molar-refractivity contribution in [2.75, 3.05) is 38.1 Å². The fraction of sp³-hybridized carbons (Fsp3) is 0.261. The van der Waals surface area contributed by atoms with Crippen LogP contribution in [0, 0.1) is 0 Å². The number of piperazine rings is 1.